The van der Waals surface area contributed by atoms with Crippen molar-refractivity contribution in [2.75, 3.05) is 27.0 Å². The van der Waals surface area contributed by atoms with Crippen LogP contribution in [-0.4, -0.2) is 35.4 Å². The fourth-order valence-corrected chi connectivity index (χ4v) is 2.60. The minimum absolute atomic E-state index is 0.0578. The molecule has 1 aromatic carbocycles. The van der Waals surface area contributed by atoms with Gasteiger partial charge in [0.05, 0.1) is 14.2 Å². The smallest absolute Gasteiger partial charge is 0.179 e. The number of ether oxygens (including phenoxy) is 2. The van der Waals surface area contributed by atoms with E-state index < -0.39 is 9.84 Å². The van der Waals surface area contributed by atoms with Crippen molar-refractivity contribution in [3.63, 3.8) is 0 Å². The maximum absolute atomic E-state index is 11.7. The van der Waals surface area contributed by atoms with Crippen LogP contribution in [-0.2, 0) is 9.84 Å². The first kappa shape index (κ1) is 14.8. The van der Waals surface area contributed by atoms with E-state index in [9.17, 15) is 8.42 Å². The zero-order chi connectivity index (χ0) is 13.9. The number of hydrogen-bond donors (Lipinski definition) is 1. The second-order valence-corrected chi connectivity index (χ2v) is 6.11. The van der Waals surface area contributed by atoms with Crippen molar-refractivity contribution >= 4 is 9.84 Å². The van der Waals surface area contributed by atoms with E-state index >= 15 is 0 Å². The van der Waals surface area contributed by atoms with E-state index in [1.165, 1.54) is 20.3 Å². The summed E-state index contributed by atoms with van der Waals surface area (Å²) in [5.41, 5.74) is 6.47. The summed E-state index contributed by atoms with van der Waals surface area (Å²) < 4.78 is 33.8. The highest BCUT2D eigenvalue weighted by atomic mass is 32.2. The zero-order valence-electron chi connectivity index (χ0n) is 11.1. The van der Waals surface area contributed by atoms with Crippen molar-refractivity contribution in [1.29, 1.82) is 0 Å². The Kier molecular flexibility index (Phi) is 4.59. The molecule has 0 aliphatic heterocycles. The first-order valence-corrected chi connectivity index (χ1v) is 7.41. The average molecular weight is 273 g/mol. The minimum atomic E-state index is -3.36. The van der Waals surface area contributed by atoms with E-state index in [2.05, 4.69) is 0 Å². The van der Waals surface area contributed by atoms with Gasteiger partial charge in [0.25, 0.3) is 0 Å². The number of methoxy groups -OCH3 is 2. The summed E-state index contributed by atoms with van der Waals surface area (Å²) in [4.78, 5) is 0.120. The Balaban J connectivity index is 3.56. The Bertz CT molecular complexity index is 525. The lowest BCUT2D eigenvalue weighted by Crippen LogP contribution is -2.12. The van der Waals surface area contributed by atoms with Crippen LogP contribution in [0, 0.1) is 0 Å². The molecule has 1 rings (SSSR count). The van der Waals surface area contributed by atoms with Crippen LogP contribution in [0.5, 0.6) is 11.5 Å². The van der Waals surface area contributed by atoms with Gasteiger partial charge in [0, 0.05) is 11.8 Å². The molecule has 0 aromatic heterocycles. The number of benzene rings is 1. The molecule has 0 amide bonds. The molecule has 0 saturated heterocycles. The van der Waals surface area contributed by atoms with Crippen LogP contribution < -0.4 is 15.2 Å². The Morgan fingerprint density at radius 1 is 1.22 bits per heavy atom. The first-order chi connectivity index (χ1) is 8.36. The molecule has 0 aliphatic rings. The van der Waals surface area contributed by atoms with E-state index in [1.807, 2.05) is 6.92 Å². The van der Waals surface area contributed by atoms with Gasteiger partial charge in [0.1, 0.15) is 4.90 Å². The van der Waals surface area contributed by atoms with Crippen molar-refractivity contribution < 1.29 is 17.9 Å². The molecule has 0 heterocycles. The summed E-state index contributed by atoms with van der Waals surface area (Å²) in [7, 11) is -0.461. The summed E-state index contributed by atoms with van der Waals surface area (Å²) >= 11 is 0. The van der Waals surface area contributed by atoms with E-state index in [4.69, 9.17) is 15.2 Å². The standard InChI is InChI=1S/C12H19NO4S/c1-8(7-13)9-5-6-10(18(4,14)15)12(17-3)11(9)16-2/h5-6,8H,7,13H2,1-4H3. The van der Waals surface area contributed by atoms with Crippen molar-refractivity contribution in [2.45, 2.75) is 17.7 Å². The Morgan fingerprint density at radius 3 is 2.17 bits per heavy atom. The molecule has 5 nitrogen and oxygen atoms in total. The quantitative estimate of drug-likeness (QED) is 0.871. The largest absolute Gasteiger partial charge is 0.493 e. The van der Waals surface area contributed by atoms with Crippen LogP contribution in [0.1, 0.15) is 18.4 Å². The van der Waals surface area contributed by atoms with E-state index in [0.717, 1.165) is 11.8 Å². The van der Waals surface area contributed by atoms with Crippen molar-refractivity contribution in [3.8, 4) is 11.5 Å². The molecule has 0 fully saturated rings. The molecule has 1 unspecified atom stereocenters. The van der Waals surface area contributed by atoms with Crippen LogP contribution in [0.15, 0.2) is 17.0 Å². The van der Waals surface area contributed by atoms with Gasteiger partial charge in [-0.15, -0.1) is 0 Å². The highest BCUT2D eigenvalue weighted by Crippen LogP contribution is 2.40. The van der Waals surface area contributed by atoms with Crippen molar-refractivity contribution in [3.05, 3.63) is 17.7 Å². The molecular formula is C12H19NO4S. The van der Waals surface area contributed by atoms with E-state index in [0.29, 0.717) is 12.3 Å². The molecular weight excluding hydrogens is 254 g/mol. The van der Waals surface area contributed by atoms with Gasteiger partial charge >= 0.3 is 0 Å². The Labute approximate surface area is 108 Å². The van der Waals surface area contributed by atoms with Gasteiger partial charge < -0.3 is 15.2 Å². The van der Waals surface area contributed by atoms with Gasteiger partial charge in [0.2, 0.25) is 0 Å². The van der Waals surface area contributed by atoms with Gasteiger partial charge in [-0.05, 0) is 18.5 Å². The molecule has 0 aliphatic carbocycles. The molecule has 0 saturated carbocycles. The van der Waals surface area contributed by atoms with Gasteiger partial charge in [0.15, 0.2) is 21.3 Å². The van der Waals surface area contributed by atoms with E-state index in [1.54, 1.807) is 6.07 Å². The normalized spacial score (nSPS) is 13.2. The molecule has 2 N–H and O–H groups in total. The first-order valence-electron chi connectivity index (χ1n) is 5.51. The number of sulfone groups is 1. The maximum Gasteiger partial charge on any atom is 0.179 e. The third kappa shape index (κ3) is 2.76. The van der Waals surface area contributed by atoms with E-state index in [-0.39, 0.29) is 16.6 Å². The topological polar surface area (TPSA) is 78.6 Å². The molecule has 102 valence electrons. The SMILES string of the molecule is COc1c(C(C)CN)ccc(S(C)(=O)=O)c1OC. The lowest BCUT2D eigenvalue weighted by molar-refractivity contribution is 0.342. The zero-order valence-corrected chi connectivity index (χ0v) is 11.9. The fourth-order valence-electron chi connectivity index (χ4n) is 1.77. The Hall–Kier alpha value is -1.27. The number of hydrogen-bond acceptors (Lipinski definition) is 5. The molecule has 6 heteroatoms. The lowest BCUT2D eigenvalue weighted by Gasteiger charge is -2.18. The predicted molar refractivity (Wildman–Crippen MR) is 70.1 cm³/mol. The molecule has 1 aromatic rings. The number of rotatable bonds is 5. The number of nitrogens with two attached hydrogens (primary N) is 1. The summed E-state index contributed by atoms with van der Waals surface area (Å²) in [6.45, 7) is 2.38. The van der Waals surface area contributed by atoms with Gasteiger partial charge in [-0.25, -0.2) is 8.42 Å². The van der Waals surface area contributed by atoms with Crippen LogP contribution in [0.3, 0.4) is 0 Å². The second kappa shape index (κ2) is 5.58. The second-order valence-electron chi connectivity index (χ2n) is 4.13. The third-order valence-corrected chi connectivity index (χ3v) is 3.92. The molecule has 0 spiro atoms. The van der Waals surface area contributed by atoms with Crippen molar-refractivity contribution in [1.82, 2.24) is 0 Å². The van der Waals surface area contributed by atoms with Crippen LogP contribution in [0.25, 0.3) is 0 Å². The van der Waals surface area contributed by atoms with Crippen LogP contribution >= 0.6 is 0 Å². The van der Waals surface area contributed by atoms with Gasteiger partial charge in [-0.2, -0.15) is 0 Å². The highest BCUT2D eigenvalue weighted by molar-refractivity contribution is 7.90. The Morgan fingerprint density at radius 2 is 1.78 bits per heavy atom. The fraction of sp³-hybridized carbons (Fsp3) is 0.500. The van der Waals surface area contributed by atoms with Gasteiger partial charge in [-0.1, -0.05) is 13.0 Å². The predicted octanol–water partition coefficient (Wildman–Crippen LogP) is 1.17. The third-order valence-electron chi connectivity index (χ3n) is 2.80. The van der Waals surface area contributed by atoms with Crippen molar-refractivity contribution in [2.24, 2.45) is 5.73 Å². The molecule has 18 heavy (non-hydrogen) atoms. The molecule has 0 radical (unpaired) electrons. The summed E-state index contributed by atoms with van der Waals surface area (Å²) in [6, 6.07) is 3.24. The maximum atomic E-state index is 11.7. The van der Waals surface area contributed by atoms with Crippen LogP contribution in [0.2, 0.25) is 0 Å². The van der Waals surface area contributed by atoms with Gasteiger partial charge in [-0.3, -0.25) is 0 Å². The average Bonchev–Trinajstić information content (AvgIpc) is 2.34. The minimum Gasteiger partial charge on any atom is -0.493 e. The lowest BCUT2D eigenvalue weighted by atomic mass is 10.00. The van der Waals surface area contributed by atoms with Crippen LogP contribution in [0.4, 0.5) is 0 Å². The summed E-state index contributed by atoms with van der Waals surface area (Å²) in [6.07, 6.45) is 1.14. The summed E-state index contributed by atoms with van der Waals surface area (Å²) in [5, 5.41) is 0. The molecule has 0 bridgehead atoms. The molecule has 1 atom stereocenters. The summed E-state index contributed by atoms with van der Waals surface area (Å²) in [5.74, 6) is 0.721. The highest BCUT2D eigenvalue weighted by Gasteiger charge is 2.23. The monoisotopic (exact) mass is 273 g/mol.